The van der Waals surface area contributed by atoms with Crippen LogP contribution in [0.15, 0.2) is 68.7 Å². The molecule has 4 rings (SSSR count). The van der Waals surface area contributed by atoms with Crippen LogP contribution in [0.4, 0.5) is 4.39 Å². The number of carbonyl (C=O) groups excluding carboxylic acids is 1. The second-order valence-electron chi connectivity index (χ2n) is 7.01. The Balaban J connectivity index is 1.64. The molecule has 0 bridgehead atoms. The molecule has 0 spiro atoms. The number of aliphatic imine (C=N–C) groups is 1. The van der Waals surface area contributed by atoms with Crippen molar-refractivity contribution >= 4 is 50.4 Å². The molecule has 0 unspecified atom stereocenters. The molecule has 0 aromatic heterocycles. The van der Waals surface area contributed by atoms with Crippen molar-refractivity contribution in [1.29, 1.82) is 0 Å². The number of benzene rings is 2. The standard InChI is InChI=1S/C23H19BrClFN2O3S/c1-3-30-22(29)20-13(2)27-23-28(9-10-32-23)21(20)14-7-8-19(16(24)11-14)31-12-15-17(25)5-4-6-18(15)26/h4-11,21H,3,12H2,1-2H3/t21-/m1/s1. The molecule has 0 N–H and O–H groups in total. The Morgan fingerprint density at radius 2 is 2.16 bits per heavy atom. The molecular formula is C23H19BrClFN2O3S. The Morgan fingerprint density at radius 1 is 1.34 bits per heavy atom. The third-order valence-corrected chi connectivity index (χ3v) is 6.77. The molecule has 0 fully saturated rings. The average Bonchev–Trinajstić information content (AvgIpc) is 3.21. The third kappa shape index (κ3) is 4.44. The van der Waals surface area contributed by atoms with E-state index in [0.29, 0.717) is 32.1 Å². The Labute approximate surface area is 203 Å². The number of allylic oxidation sites excluding steroid dienone is 1. The summed E-state index contributed by atoms with van der Waals surface area (Å²) in [6, 6.07) is 9.67. The predicted molar refractivity (Wildman–Crippen MR) is 128 cm³/mol. The van der Waals surface area contributed by atoms with Crippen LogP contribution in [0.25, 0.3) is 0 Å². The minimum absolute atomic E-state index is 0.0116. The highest BCUT2D eigenvalue weighted by molar-refractivity contribution is 9.10. The van der Waals surface area contributed by atoms with Crippen molar-refractivity contribution in [2.45, 2.75) is 26.5 Å². The lowest BCUT2D eigenvalue weighted by molar-refractivity contribution is -0.139. The zero-order valence-electron chi connectivity index (χ0n) is 17.3. The zero-order valence-corrected chi connectivity index (χ0v) is 20.4. The largest absolute Gasteiger partial charge is 0.488 e. The van der Waals surface area contributed by atoms with Gasteiger partial charge >= 0.3 is 5.97 Å². The summed E-state index contributed by atoms with van der Waals surface area (Å²) in [5.74, 6) is -0.284. The number of esters is 1. The Morgan fingerprint density at radius 3 is 2.88 bits per heavy atom. The van der Waals surface area contributed by atoms with Crippen molar-refractivity contribution in [2.24, 2.45) is 4.99 Å². The van der Waals surface area contributed by atoms with Gasteiger partial charge in [0.15, 0.2) is 5.17 Å². The Hall–Kier alpha value is -2.29. The molecule has 2 aromatic rings. The molecular weight excluding hydrogens is 519 g/mol. The molecule has 9 heteroatoms. The second-order valence-corrected chi connectivity index (χ2v) is 9.14. The number of hydrogen-bond acceptors (Lipinski definition) is 6. The van der Waals surface area contributed by atoms with Gasteiger partial charge in [0.2, 0.25) is 0 Å². The summed E-state index contributed by atoms with van der Waals surface area (Å²) in [5, 5.41) is 3.04. The minimum atomic E-state index is -0.419. The number of nitrogens with zero attached hydrogens (tertiary/aromatic N) is 2. The summed E-state index contributed by atoms with van der Waals surface area (Å²) < 4.78 is 25.8. The molecule has 166 valence electrons. The highest BCUT2D eigenvalue weighted by atomic mass is 79.9. The fourth-order valence-electron chi connectivity index (χ4n) is 3.52. The van der Waals surface area contributed by atoms with Gasteiger partial charge in [0.1, 0.15) is 18.2 Å². The van der Waals surface area contributed by atoms with Gasteiger partial charge < -0.3 is 14.4 Å². The van der Waals surface area contributed by atoms with Crippen molar-refractivity contribution in [3.63, 3.8) is 0 Å². The van der Waals surface area contributed by atoms with Crippen LogP contribution < -0.4 is 4.74 Å². The van der Waals surface area contributed by atoms with Gasteiger partial charge in [-0.1, -0.05) is 35.5 Å². The van der Waals surface area contributed by atoms with E-state index >= 15 is 0 Å². The van der Waals surface area contributed by atoms with E-state index in [9.17, 15) is 9.18 Å². The van der Waals surface area contributed by atoms with E-state index in [4.69, 9.17) is 21.1 Å². The van der Waals surface area contributed by atoms with Gasteiger partial charge in [-0.2, -0.15) is 0 Å². The molecule has 32 heavy (non-hydrogen) atoms. The summed E-state index contributed by atoms with van der Waals surface area (Å²) in [5.41, 5.74) is 2.26. The van der Waals surface area contributed by atoms with Crippen LogP contribution in [0.1, 0.15) is 31.0 Å². The van der Waals surface area contributed by atoms with E-state index in [0.717, 1.165) is 10.7 Å². The number of thioether (sulfide) groups is 1. The SMILES string of the molecule is CCOC(=O)C1=C(C)N=C2SC=CN2[C@@H]1c1ccc(OCc2c(F)cccc2Cl)c(Br)c1. The van der Waals surface area contributed by atoms with Gasteiger partial charge in [-0.15, -0.1) is 0 Å². The van der Waals surface area contributed by atoms with E-state index in [1.807, 2.05) is 35.6 Å². The van der Waals surface area contributed by atoms with Crippen molar-refractivity contribution in [1.82, 2.24) is 4.90 Å². The van der Waals surface area contributed by atoms with Crippen molar-refractivity contribution in [3.8, 4) is 5.75 Å². The van der Waals surface area contributed by atoms with Crippen LogP contribution in [-0.4, -0.2) is 22.6 Å². The summed E-state index contributed by atoms with van der Waals surface area (Å²) in [7, 11) is 0. The maximum atomic E-state index is 14.1. The average molecular weight is 538 g/mol. The highest BCUT2D eigenvalue weighted by Crippen LogP contribution is 2.42. The number of rotatable bonds is 6. The molecule has 2 aromatic carbocycles. The fourth-order valence-corrected chi connectivity index (χ4v) is 5.04. The van der Waals surface area contributed by atoms with E-state index in [-0.39, 0.29) is 19.3 Å². The monoisotopic (exact) mass is 536 g/mol. The summed E-state index contributed by atoms with van der Waals surface area (Å²) in [6.07, 6.45) is 1.90. The lowest BCUT2D eigenvalue weighted by atomic mass is 9.95. The topological polar surface area (TPSA) is 51.1 Å². The molecule has 0 aliphatic carbocycles. The molecule has 5 nitrogen and oxygen atoms in total. The molecule has 2 aliphatic rings. The van der Waals surface area contributed by atoms with Crippen molar-refractivity contribution in [2.75, 3.05) is 6.61 Å². The fraction of sp³-hybridized carbons (Fsp3) is 0.217. The number of carbonyl (C=O) groups is 1. The summed E-state index contributed by atoms with van der Waals surface area (Å²) in [6.45, 7) is 3.85. The summed E-state index contributed by atoms with van der Waals surface area (Å²) in [4.78, 5) is 19.3. The smallest absolute Gasteiger partial charge is 0.338 e. The molecule has 0 saturated heterocycles. The second kappa shape index (κ2) is 9.68. The van der Waals surface area contributed by atoms with Gasteiger partial charge in [0, 0.05) is 11.8 Å². The van der Waals surface area contributed by atoms with Crippen LogP contribution in [0.3, 0.4) is 0 Å². The minimum Gasteiger partial charge on any atom is -0.488 e. The number of hydrogen-bond donors (Lipinski definition) is 0. The normalized spacial score (nSPS) is 17.3. The van der Waals surface area contributed by atoms with E-state index in [1.54, 1.807) is 25.1 Å². The maximum absolute atomic E-state index is 14.1. The van der Waals surface area contributed by atoms with Gasteiger partial charge in [-0.25, -0.2) is 14.2 Å². The number of ether oxygens (including phenoxy) is 2. The molecule has 0 radical (unpaired) electrons. The van der Waals surface area contributed by atoms with Crippen molar-refractivity contribution in [3.05, 3.63) is 85.7 Å². The van der Waals surface area contributed by atoms with E-state index in [1.165, 1.54) is 17.8 Å². The lowest BCUT2D eigenvalue weighted by Crippen LogP contribution is -2.34. The maximum Gasteiger partial charge on any atom is 0.338 e. The molecule has 2 aliphatic heterocycles. The molecule has 2 heterocycles. The van der Waals surface area contributed by atoms with Crippen LogP contribution in [0.5, 0.6) is 5.75 Å². The van der Waals surface area contributed by atoms with Crippen LogP contribution in [-0.2, 0) is 16.1 Å². The van der Waals surface area contributed by atoms with Crippen LogP contribution in [0, 0.1) is 5.82 Å². The van der Waals surface area contributed by atoms with Gasteiger partial charge in [-0.3, -0.25) is 0 Å². The molecule has 0 saturated carbocycles. The van der Waals surface area contributed by atoms with Crippen LogP contribution >= 0.6 is 39.3 Å². The zero-order chi connectivity index (χ0) is 22.8. The first-order valence-electron chi connectivity index (χ1n) is 9.84. The quantitative estimate of drug-likeness (QED) is 0.389. The predicted octanol–water partition coefficient (Wildman–Crippen LogP) is 6.59. The van der Waals surface area contributed by atoms with Crippen molar-refractivity contribution < 1.29 is 18.7 Å². The highest BCUT2D eigenvalue weighted by Gasteiger charge is 2.37. The first-order valence-corrected chi connectivity index (χ1v) is 11.9. The number of halogens is 3. The molecule has 0 amide bonds. The Kier molecular flexibility index (Phi) is 6.93. The number of fused-ring (bicyclic) bond motifs is 1. The number of amidine groups is 1. The van der Waals surface area contributed by atoms with Gasteiger partial charge in [0.05, 0.1) is 33.4 Å². The summed E-state index contributed by atoms with van der Waals surface area (Å²) >= 11 is 11.1. The van der Waals surface area contributed by atoms with Crippen LogP contribution in [0.2, 0.25) is 5.02 Å². The van der Waals surface area contributed by atoms with E-state index < -0.39 is 11.8 Å². The first-order chi connectivity index (χ1) is 15.4. The van der Waals surface area contributed by atoms with Gasteiger partial charge in [-0.05, 0) is 65.0 Å². The Bertz CT molecular complexity index is 1150. The van der Waals surface area contributed by atoms with E-state index in [2.05, 4.69) is 20.9 Å². The molecule has 1 atom stereocenters. The third-order valence-electron chi connectivity index (χ3n) is 5.02. The van der Waals surface area contributed by atoms with Gasteiger partial charge in [0.25, 0.3) is 0 Å². The lowest BCUT2D eigenvalue weighted by Gasteiger charge is -2.33. The first kappa shape index (κ1) is 22.9.